The fourth-order valence-electron chi connectivity index (χ4n) is 4.40. The third-order valence-electron chi connectivity index (χ3n) is 5.98. The van der Waals surface area contributed by atoms with Crippen LogP contribution < -0.4 is 4.90 Å². The molecule has 5 rings (SSSR count). The Labute approximate surface area is 197 Å². The van der Waals surface area contributed by atoms with Gasteiger partial charge in [-0.3, -0.25) is 9.69 Å². The van der Waals surface area contributed by atoms with Gasteiger partial charge in [0.2, 0.25) is 0 Å². The van der Waals surface area contributed by atoms with Crippen LogP contribution in [0, 0.1) is 0 Å². The third-order valence-corrected chi connectivity index (χ3v) is 7.11. The summed E-state index contributed by atoms with van der Waals surface area (Å²) >= 11 is 1.66. The van der Waals surface area contributed by atoms with E-state index in [0.717, 1.165) is 26.9 Å². The third kappa shape index (κ3) is 3.62. The summed E-state index contributed by atoms with van der Waals surface area (Å²) in [4.78, 5) is 34.7. The van der Waals surface area contributed by atoms with Crippen molar-refractivity contribution in [1.29, 1.82) is 0 Å². The maximum Gasteiger partial charge on any atom is 0.336 e. The summed E-state index contributed by atoms with van der Waals surface area (Å²) in [5, 5.41) is 0. The molecule has 168 valence electrons. The summed E-state index contributed by atoms with van der Waals surface area (Å²) < 4.78 is 5.33. The zero-order chi connectivity index (χ0) is 23.1. The van der Waals surface area contributed by atoms with E-state index in [9.17, 15) is 9.59 Å². The van der Waals surface area contributed by atoms with Gasteiger partial charge in [0.15, 0.2) is 0 Å². The largest absolute Gasteiger partial charge is 0.463 e. The highest BCUT2D eigenvalue weighted by Gasteiger charge is 2.43. The van der Waals surface area contributed by atoms with Crippen LogP contribution in [0.25, 0.3) is 0 Å². The molecule has 0 aliphatic carbocycles. The molecule has 3 aliphatic rings. The van der Waals surface area contributed by atoms with Crippen LogP contribution in [-0.4, -0.2) is 54.5 Å². The first kappa shape index (κ1) is 21.4. The molecule has 0 saturated heterocycles. The summed E-state index contributed by atoms with van der Waals surface area (Å²) in [6, 6.07) is 14.8. The Morgan fingerprint density at radius 1 is 1.00 bits per heavy atom. The number of benzene rings is 2. The fourth-order valence-corrected chi connectivity index (χ4v) is 5.46. The molecule has 0 saturated carbocycles. The quantitative estimate of drug-likeness (QED) is 0.635. The van der Waals surface area contributed by atoms with Gasteiger partial charge in [0.25, 0.3) is 5.91 Å². The number of ether oxygens (including phenoxy) is 1. The van der Waals surface area contributed by atoms with Crippen LogP contribution >= 0.6 is 11.8 Å². The Morgan fingerprint density at radius 3 is 2.24 bits per heavy atom. The molecule has 1 amide bonds. The van der Waals surface area contributed by atoms with E-state index in [-0.39, 0.29) is 24.5 Å². The van der Waals surface area contributed by atoms with E-state index < -0.39 is 6.04 Å². The number of nitrogens with zero attached hydrogens (tertiary/aromatic N) is 3. The smallest absolute Gasteiger partial charge is 0.336 e. The van der Waals surface area contributed by atoms with Crippen molar-refractivity contribution in [3.63, 3.8) is 0 Å². The molecule has 7 heteroatoms. The van der Waals surface area contributed by atoms with Gasteiger partial charge in [-0.2, -0.15) is 0 Å². The second-order valence-electron chi connectivity index (χ2n) is 8.19. The molecule has 0 spiro atoms. The summed E-state index contributed by atoms with van der Waals surface area (Å²) in [5.41, 5.74) is 3.17. The SMILES string of the molecule is CCOC(=O)C1=CC(C(=O)N2c3ccccc3Sc3ccccc32)N2C=CC(N(C)C)=CC12. The van der Waals surface area contributed by atoms with Gasteiger partial charge in [0.05, 0.1) is 29.6 Å². The van der Waals surface area contributed by atoms with E-state index >= 15 is 0 Å². The average molecular weight is 460 g/mol. The number of fused-ring (bicyclic) bond motifs is 3. The van der Waals surface area contributed by atoms with Crippen LogP contribution in [0.15, 0.2) is 94.0 Å². The van der Waals surface area contributed by atoms with Crippen LogP contribution in [0.4, 0.5) is 11.4 Å². The molecule has 0 fully saturated rings. The van der Waals surface area contributed by atoms with E-state index in [2.05, 4.69) is 0 Å². The number of esters is 1. The van der Waals surface area contributed by atoms with E-state index in [1.54, 1.807) is 29.7 Å². The standard InChI is InChI=1S/C26H25N3O3S/c1-4-32-26(31)18-16-22(28-14-13-17(27(2)3)15-21(18)28)25(30)29-19-9-5-7-11-23(19)33-24-12-8-6-10-20(24)29/h5-16,21-22H,4H2,1-3H3. The van der Waals surface area contributed by atoms with Crippen LogP contribution in [0.2, 0.25) is 0 Å². The van der Waals surface area contributed by atoms with Crippen molar-refractivity contribution in [3.8, 4) is 0 Å². The number of carbonyl (C=O) groups is 2. The predicted molar refractivity (Wildman–Crippen MR) is 129 cm³/mol. The number of likely N-dealkylation sites (N-methyl/N-ethyl adjacent to an activating group) is 1. The lowest BCUT2D eigenvalue weighted by Gasteiger charge is -2.37. The zero-order valence-electron chi connectivity index (χ0n) is 18.8. The number of rotatable bonds is 4. The first-order chi connectivity index (χ1) is 16.0. The number of amides is 1. The zero-order valence-corrected chi connectivity index (χ0v) is 19.6. The monoisotopic (exact) mass is 459 g/mol. The molecule has 0 N–H and O–H groups in total. The number of allylic oxidation sites excluding steroid dienone is 1. The van der Waals surface area contributed by atoms with E-state index in [1.165, 1.54) is 0 Å². The van der Waals surface area contributed by atoms with Crippen LogP contribution in [0.1, 0.15) is 6.92 Å². The van der Waals surface area contributed by atoms with Gasteiger partial charge in [0.1, 0.15) is 6.04 Å². The molecule has 3 aliphatic heterocycles. The van der Waals surface area contributed by atoms with Gasteiger partial charge in [-0.05, 0) is 49.4 Å². The molecule has 0 radical (unpaired) electrons. The van der Waals surface area contributed by atoms with Gasteiger partial charge in [-0.1, -0.05) is 36.0 Å². The highest BCUT2D eigenvalue weighted by atomic mass is 32.2. The summed E-state index contributed by atoms with van der Waals surface area (Å²) in [7, 11) is 3.91. The van der Waals surface area contributed by atoms with Gasteiger partial charge < -0.3 is 14.5 Å². The number of anilines is 2. The Balaban J connectivity index is 1.58. The molecule has 2 atom stereocenters. The average Bonchev–Trinajstić information content (AvgIpc) is 3.21. The second kappa shape index (κ2) is 8.48. The normalized spacial score (nSPS) is 20.3. The lowest BCUT2D eigenvalue weighted by Crippen LogP contribution is -2.46. The van der Waals surface area contributed by atoms with Gasteiger partial charge in [-0.25, -0.2) is 4.79 Å². The van der Waals surface area contributed by atoms with Crippen LogP contribution in [0.3, 0.4) is 0 Å². The molecular formula is C26H25N3O3S. The number of hydrogen-bond donors (Lipinski definition) is 0. The van der Waals surface area contributed by atoms with Crippen molar-refractivity contribution in [2.75, 3.05) is 25.6 Å². The summed E-state index contributed by atoms with van der Waals surface area (Å²) in [5.74, 6) is -0.492. The van der Waals surface area contributed by atoms with Crippen LogP contribution in [0.5, 0.6) is 0 Å². The molecule has 33 heavy (non-hydrogen) atoms. The molecule has 3 heterocycles. The van der Waals surface area contributed by atoms with Gasteiger partial charge >= 0.3 is 5.97 Å². The number of para-hydroxylation sites is 2. The minimum Gasteiger partial charge on any atom is -0.463 e. The van der Waals surface area contributed by atoms with Crippen LogP contribution in [-0.2, 0) is 14.3 Å². The maximum absolute atomic E-state index is 14.1. The Kier molecular flexibility index (Phi) is 5.50. The van der Waals surface area contributed by atoms with Crippen molar-refractivity contribution in [3.05, 3.63) is 84.2 Å². The minimum absolute atomic E-state index is 0.106. The van der Waals surface area contributed by atoms with Crippen molar-refractivity contribution in [2.24, 2.45) is 0 Å². The van der Waals surface area contributed by atoms with Crippen molar-refractivity contribution >= 4 is 35.0 Å². The molecule has 6 nitrogen and oxygen atoms in total. The summed E-state index contributed by atoms with van der Waals surface area (Å²) in [6.07, 6.45) is 7.63. The molecule has 2 aromatic carbocycles. The van der Waals surface area contributed by atoms with E-state index in [4.69, 9.17) is 4.74 Å². The van der Waals surface area contributed by atoms with E-state index in [0.29, 0.717) is 5.57 Å². The summed E-state index contributed by atoms with van der Waals surface area (Å²) in [6.45, 7) is 2.07. The Bertz CT molecular complexity index is 1170. The van der Waals surface area contributed by atoms with Crippen molar-refractivity contribution in [2.45, 2.75) is 28.8 Å². The first-order valence-corrected chi connectivity index (χ1v) is 11.7. The fraction of sp³-hybridized carbons (Fsp3) is 0.231. The lowest BCUT2D eigenvalue weighted by molar-refractivity contribution is -0.138. The Morgan fingerprint density at radius 2 is 1.64 bits per heavy atom. The number of hydrogen-bond acceptors (Lipinski definition) is 6. The van der Waals surface area contributed by atoms with Gasteiger partial charge in [-0.15, -0.1) is 0 Å². The first-order valence-electron chi connectivity index (χ1n) is 10.9. The lowest BCUT2D eigenvalue weighted by atomic mass is 10.1. The highest BCUT2D eigenvalue weighted by Crippen LogP contribution is 2.48. The van der Waals surface area contributed by atoms with Crippen molar-refractivity contribution in [1.82, 2.24) is 9.80 Å². The minimum atomic E-state index is -0.630. The van der Waals surface area contributed by atoms with E-state index in [1.807, 2.05) is 90.8 Å². The second-order valence-corrected chi connectivity index (χ2v) is 9.28. The molecular weight excluding hydrogens is 434 g/mol. The topological polar surface area (TPSA) is 53.1 Å². The predicted octanol–water partition coefficient (Wildman–Crippen LogP) is 4.33. The van der Waals surface area contributed by atoms with Gasteiger partial charge in [0, 0.05) is 35.8 Å². The molecule has 0 aromatic heterocycles. The van der Waals surface area contributed by atoms with Crippen molar-refractivity contribution < 1.29 is 14.3 Å². The molecule has 2 unspecified atom stereocenters. The number of carbonyl (C=O) groups excluding carboxylic acids is 2. The Hall–Kier alpha value is -3.45. The maximum atomic E-state index is 14.1. The highest BCUT2D eigenvalue weighted by molar-refractivity contribution is 7.99. The molecule has 0 bridgehead atoms. The molecule has 2 aromatic rings.